The number of aliphatic imine (C=N–C) groups is 1. The van der Waals surface area contributed by atoms with Crippen molar-refractivity contribution in [1.82, 2.24) is 4.90 Å². The number of benzene rings is 1. The third-order valence-corrected chi connectivity index (χ3v) is 4.21. The van der Waals surface area contributed by atoms with E-state index in [2.05, 4.69) is 16.0 Å². The number of hydrogen-bond acceptors (Lipinski definition) is 3. The number of nitrogens with two attached hydrogens (primary N) is 1. The van der Waals surface area contributed by atoms with Crippen LogP contribution in [0.25, 0.3) is 0 Å². The molecule has 0 amide bonds. The summed E-state index contributed by atoms with van der Waals surface area (Å²) >= 11 is 0. The average molecular weight is 333 g/mol. The van der Waals surface area contributed by atoms with Crippen molar-refractivity contribution in [2.45, 2.75) is 46.0 Å². The minimum Gasteiger partial charge on any atom is -0.490 e. The third kappa shape index (κ3) is 5.62. The second-order valence-corrected chi connectivity index (χ2v) is 6.04. The molecule has 1 aliphatic heterocycles. The second kappa shape index (κ2) is 10.1. The van der Waals surface area contributed by atoms with Gasteiger partial charge in [0.1, 0.15) is 0 Å². The van der Waals surface area contributed by atoms with Crippen LogP contribution in [0.15, 0.2) is 23.2 Å². The maximum Gasteiger partial charge on any atom is 0.191 e. The van der Waals surface area contributed by atoms with Gasteiger partial charge in [-0.15, -0.1) is 0 Å². The summed E-state index contributed by atoms with van der Waals surface area (Å²) in [6.45, 7) is 7.99. The molecule has 0 radical (unpaired) electrons. The van der Waals surface area contributed by atoms with E-state index in [4.69, 9.17) is 15.2 Å². The van der Waals surface area contributed by atoms with Crippen LogP contribution in [-0.2, 0) is 6.42 Å². The molecular formula is C19H31N3O2. The molecule has 1 aromatic rings. The lowest BCUT2D eigenvalue weighted by Crippen LogP contribution is -2.38. The molecule has 1 heterocycles. The minimum absolute atomic E-state index is 0.629. The van der Waals surface area contributed by atoms with Crippen molar-refractivity contribution in [2.24, 2.45) is 10.7 Å². The molecule has 0 saturated carbocycles. The molecule has 24 heavy (non-hydrogen) atoms. The minimum atomic E-state index is 0.629. The lowest BCUT2D eigenvalue weighted by Gasteiger charge is -2.21. The molecule has 0 spiro atoms. The Labute approximate surface area is 145 Å². The summed E-state index contributed by atoms with van der Waals surface area (Å²) in [6, 6.07) is 6.10. The van der Waals surface area contributed by atoms with E-state index in [0.717, 1.165) is 31.0 Å². The van der Waals surface area contributed by atoms with Crippen LogP contribution in [0.3, 0.4) is 0 Å². The van der Waals surface area contributed by atoms with Crippen LogP contribution in [0.1, 0.15) is 45.1 Å². The van der Waals surface area contributed by atoms with E-state index < -0.39 is 0 Å². The topological polar surface area (TPSA) is 60.1 Å². The normalized spacial score (nSPS) is 15.9. The van der Waals surface area contributed by atoms with Crippen molar-refractivity contribution in [3.05, 3.63) is 23.8 Å². The second-order valence-electron chi connectivity index (χ2n) is 6.04. The summed E-state index contributed by atoms with van der Waals surface area (Å²) in [4.78, 5) is 6.79. The van der Waals surface area contributed by atoms with Crippen LogP contribution in [0.4, 0.5) is 0 Å². The summed E-state index contributed by atoms with van der Waals surface area (Å²) in [7, 11) is 0. The van der Waals surface area contributed by atoms with Gasteiger partial charge in [-0.2, -0.15) is 0 Å². The number of guanidine groups is 1. The van der Waals surface area contributed by atoms with Crippen LogP contribution < -0.4 is 15.2 Å². The third-order valence-electron chi connectivity index (χ3n) is 4.21. The monoisotopic (exact) mass is 333 g/mol. The first kappa shape index (κ1) is 18.4. The van der Waals surface area contributed by atoms with Gasteiger partial charge in [0.05, 0.1) is 13.2 Å². The van der Waals surface area contributed by atoms with Crippen molar-refractivity contribution in [2.75, 3.05) is 32.8 Å². The highest BCUT2D eigenvalue weighted by atomic mass is 16.5. The van der Waals surface area contributed by atoms with Gasteiger partial charge in [-0.1, -0.05) is 18.9 Å². The summed E-state index contributed by atoms with van der Waals surface area (Å²) < 4.78 is 11.3. The highest BCUT2D eigenvalue weighted by Gasteiger charge is 2.11. The fourth-order valence-corrected chi connectivity index (χ4v) is 2.95. The first-order valence-corrected chi connectivity index (χ1v) is 9.18. The van der Waals surface area contributed by atoms with Gasteiger partial charge in [0.25, 0.3) is 0 Å². The Bertz CT molecular complexity index is 523. The van der Waals surface area contributed by atoms with Gasteiger partial charge < -0.3 is 20.1 Å². The fraction of sp³-hybridized carbons (Fsp3) is 0.632. The molecular weight excluding hydrogens is 302 g/mol. The molecule has 134 valence electrons. The van der Waals surface area contributed by atoms with Gasteiger partial charge in [-0.05, 0) is 50.8 Å². The zero-order valence-corrected chi connectivity index (χ0v) is 15.1. The molecule has 0 atom stereocenters. The molecule has 2 rings (SSSR count). The van der Waals surface area contributed by atoms with Gasteiger partial charge >= 0.3 is 0 Å². The first-order chi connectivity index (χ1) is 11.7. The molecule has 0 unspecified atom stereocenters. The summed E-state index contributed by atoms with van der Waals surface area (Å²) in [5, 5.41) is 0. The zero-order chi connectivity index (χ0) is 17.2. The molecule has 0 bridgehead atoms. The Balaban J connectivity index is 1.92. The molecule has 2 N–H and O–H groups in total. The largest absolute Gasteiger partial charge is 0.490 e. The summed E-state index contributed by atoms with van der Waals surface area (Å²) in [5.74, 6) is 2.30. The molecule has 0 aliphatic carbocycles. The van der Waals surface area contributed by atoms with Crippen LogP contribution in [0.2, 0.25) is 0 Å². The molecule has 1 saturated heterocycles. The molecule has 1 fully saturated rings. The van der Waals surface area contributed by atoms with Crippen molar-refractivity contribution < 1.29 is 9.47 Å². The Morgan fingerprint density at radius 2 is 1.71 bits per heavy atom. The highest BCUT2D eigenvalue weighted by Crippen LogP contribution is 2.28. The number of rotatable bonds is 7. The Hall–Kier alpha value is -1.91. The number of nitrogens with zero attached hydrogens (tertiary/aromatic N) is 2. The Morgan fingerprint density at radius 3 is 2.38 bits per heavy atom. The quantitative estimate of drug-likeness (QED) is 0.615. The van der Waals surface area contributed by atoms with Crippen molar-refractivity contribution in [3.63, 3.8) is 0 Å². The fourth-order valence-electron chi connectivity index (χ4n) is 2.95. The van der Waals surface area contributed by atoms with E-state index >= 15 is 0 Å². The van der Waals surface area contributed by atoms with Crippen molar-refractivity contribution in [1.29, 1.82) is 0 Å². The highest BCUT2D eigenvalue weighted by molar-refractivity contribution is 5.78. The van der Waals surface area contributed by atoms with E-state index in [-0.39, 0.29) is 0 Å². The average Bonchev–Trinajstić information content (AvgIpc) is 2.87. The van der Waals surface area contributed by atoms with Gasteiger partial charge in [0.2, 0.25) is 0 Å². The van der Waals surface area contributed by atoms with Crippen molar-refractivity contribution in [3.8, 4) is 11.5 Å². The molecule has 0 aromatic heterocycles. The standard InChI is InChI=1S/C19H31N3O2/c1-3-23-17-10-9-16(15-18(17)24-4-2)11-12-21-19(20)22-13-7-5-6-8-14-22/h9-10,15H,3-8,11-14H2,1-2H3,(H2,20,21). The van der Waals surface area contributed by atoms with Gasteiger partial charge in [0, 0.05) is 19.6 Å². The van der Waals surface area contributed by atoms with Crippen molar-refractivity contribution >= 4 is 5.96 Å². The Kier molecular flexibility index (Phi) is 7.72. The zero-order valence-electron chi connectivity index (χ0n) is 15.1. The maximum absolute atomic E-state index is 6.15. The van der Waals surface area contributed by atoms with E-state index in [1.165, 1.54) is 31.2 Å². The van der Waals surface area contributed by atoms with Crippen LogP contribution in [0, 0.1) is 0 Å². The number of ether oxygens (including phenoxy) is 2. The van der Waals surface area contributed by atoms with Crippen LogP contribution in [0.5, 0.6) is 11.5 Å². The smallest absolute Gasteiger partial charge is 0.191 e. The molecule has 5 nitrogen and oxygen atoms in total. The molecule has 5 heteroatoms. The Morgan fingerprint density at radius 1 is 1.04 bits per heavy atom. The maximum atomic E-state index is 6.15. The van der Waals surface area contributed by atoms with E-state index in [1.54, 1.807) is 0 Å². The summed E-state index contributed by atoms with van der Waals surface area (Å²) in [5.41, 5.74) is 7.34. The number of hydrogen-bond donors (Lipinski definition) is 1. The van der Waals surface area contributed by atoms with Gasteiger partial charge in [-0.3, -0.25) is 4.99 Å². The van der Waals surface area contributed by atoms with Gasteiger partial charge in [-0.25, -0.2) is 0 Å². The van der Waals surface area contributed by atoms with Crippen LogP contribution >= 0.6 is 0 Å². The molecule has 1 aliphatic rings. The SMILES string of the molecule is CCOc1ccc(CCN=C(N)N2CCCCCC2)cc1OCC. The van der Waals surface area contributed by atoms with Gasteiger partial charge in [0.15, 0.2) is 17.5 Å². The van der Waals surface area contributed by atoms with E-state index in [1.807, 2.05) is 26.0 Å². The summed E-state index contributed by atoms with van der Waals surface area (Å²) in [6.07, 6.45) is 5.88. The van der Waals surface area contributed by atoms with E-state index in [0.29, 0.717) is 25.7 Å². The predicted octanol–water partition coefficient (Wildman–Crippen LogP) is 3.22. The lowest BCUT2D eigenvalue weighted by atomic mass is 10.1. The van der Waals surface area contributed by atoms with E-state index in [9.17, 15) is 0 Å². The molecule has 1 aromatic carbocycles. The predicted molar refractivity (Wildman–Crippen MR) is 99.0 cm³/mol. The van der Waals surface area contributed by atoms with Crippen LogP contribution in [-0.4, -0.2) is 43.7 Å². The lowest BCUT2D eigenvalue weighted by molar-refractivity contribution is 0.287. The number of likely N-dealkylation sites (tertiary alicyclic amines) is 1. The first-order valence-electron chi connectivity index (χ1n) is 9.18.